The van der Waals surface area contributed by atoms with Gasteiger partial charge in [-0.25, -0.2) is 17.9 Å². The summed E-state index contributed by atoms with van der Waals surface area (Å²) in [7, 11) is -3.21. The minimum absolute atomic E-state index is 0.0853. The van der Waals surface area contributed by atoms with E-state index in [4.69, 9.17) is 23.2 Å². The fourth-order valence-electron chi connectivity index (χ4n) is 2.60. The molecule has 0 aromatic heterocycles. The van der Waals surface area contributed by atoms with E-state index in [2.05, 4.69) is 31.3 Å². The predicted molar refractivity (Wildman–Crippen MR) is 107 cm³/mol. The van der Waals surface area contributed by atoms with Gasteiger partial charge in [-0.2, -0.15) is 0 Å². The molecule has 0 bridgehead atoms. The van der Waals surface area contributed by atoms with E-state index in [0.29, 0.717) is 22.3 Å². The SMILES string of the molecule is CC1CC(NCCNS(C)(=O)=O)NC(NC(=O)Nc2ccc(Cl)c(Cl)c2)N1. The lowest BCUT2D eigenvalue weighted by Gasteiger charge is -2.36. The van der Waals surface area contributed by atoms with Crippen molar-refractivity contribution in [2.45, 2.75) is 31.8 Å². The Labute approximate surface area is 169 Å². The van der Waals surface area contributed by atoms with Crippen molar-refractivity contribution in [2.75, 3.05) is 24.7 Å². The summed E-state index contributed by atoms with van der Waals surface area (Å²) < 4.78 is 24.5. The highest BCUT2D eigenvalue weighted by molar-refractivity contribution is 7.88. The Morgan fingerprint density at radius 2 is 1.96 bits per heavy atom. The van der Waals surface area contributed by atoms with Gasteiger partial charge in [0.2, 0.25) is 10.0 Å². The second-order valence-corrected chi connectivity index (χ2v) is 8.95. The summed E-state index contributed by atoms with van der Waals surface area (Å²) >= 11 is 11.8. The van der Waals surface area contributed by atoms with E-state index in [0.717, 1.165) is 12.7 Å². The number of urea groups is 1. The number of hydrogen-bond donors (Lipinski definition) is 6. The zero-order chi connectivity index (χ0) is 20.0. The Balaban J connectivity index is 1.80. The number of carbonyl (C=O) groups excluding carboxylic acids is 1. The Morgan fingerprint density at radius 3 is 2.63 bits per heavy atom. The Bertz CT molecular complexity index is 764. The summed E-state index contributed by atoms with van der Waals surface area (Å²) in [6, 6.07) is 4.54. The lowest BCUT2D eigenvalue weighted by Crippen LogP contribution is -2.68. The van der Waals surface area contributed by atoms with Gasteiger partial charge in [0.15, 0.2) is 0 Å². The van der Waals surface area contributed by atoms with Gasteiger partial charge in [-0.05, 0) is 31.5 Å². The van der Waals surface area contributed by atoms with E-state index in [-0.39, 0.29) is 18.8 Å². The Hall–Kier alpha value is -1.14. The van der Waals surface area contributed by atoms with Gasteiger partial charge in [-0.15, -0.1) is 0 Å². The topological polar surface area (TPSA) is 123 Å². The van der Waals surface area contributed by atoms with Crippen LogP contribution in [0.2, 0.25) is 10.0 Å². The van der Waals surface area contributed by atoms with Crippen LogP contribution in [0.1, 0.15) is 13.3 Å². The molecule has 1 aliphatic rings. The van der Waals surface area contributed by atoms with Crippen molar-refractivity contribution in [1.29, 1.82) is 0 Å². The zero-order valence-corrected chi connectivity index (χ0v) is 17.3. The van der Waals surface area contributed by atoms with Crippen LogP contribution in [0, 0.1) is 0 Å². The number of benzene rings is 1. The summed E-state index contributed by atoms with van der Waals surface area (Å²) in [5, 5.41) is 15.8. The summed E-state index contributed by atoms with van der Waals surface area (Å²) in [6.07, 6.45) is 1.34. The molecular weight excluding hydrogens is 415 g/mol. The van der Waals surface area contributed by atoms with Crippen LogP contribution in [-0.2, 0) is 10.0 Å². The first-order chi connectivity index (χ1) is 12.6. The quantitative estimate of drug-likeness (QED) is 0.350. The van der Waals surface area contributed by atoms with Crippen LogP contribution in [0.25, 0.3) is 0 Å². The van der Waals surface area contributed by atoms with Crippen molar-refractivity contribution >= 4 is 44.9 Å². The van der Waals surface area contributed by atoms with Crippen LogP contribution in [0.4, 0.5) is 10.5 Å². The van der Waals surface area contributed by atoms with E-state index >= 15 is 0 Å². The summed E-state index contributed by atoms with van der Waals surface area (Å²) in [6.45, 7) is 2.74. The maximum absolute atomic E-state index is 12.2. The summed E-state index contributed by atoms with van der Waals surface area (Å²) in [5.74, 6) is 0. The van der Waals surface area contributed by atoms with Crippen molar-refractivity contribution in [1.82, 2.24) is 26.0 Å². The summed E-state index contributed by atoms with van der Waals surface area (Å²) in [5.41, 5.74) is 0.521. The first-order valence-electron chi connectivity index (χ1n) is 8.35. The van der Waals surface area contributed by atoms with Gasteiger partial charge >= 0.3 is 6.03 Å². The fourth-order valence-corrected chi connectivity index (χ4v) is 3.37. The highest BCUT2D eigenvalue weighted by atomic mass is 35.5. The molecule has 1 heterocycles. The van der Waals surface area contributed by atoms with E-state index in [1.54, 1.807) is 18.2 Å². The molecule has 1 aromatic carbocycles. The van der Waals surface area contributed by atoms with E-state index in [1.165, 1.54) is 0 Å². The van der Waals surface area contributed by atoms with E-state index in [1.807, 2.05) is 6.92 Å². The lowest BCUT2D eigenvalue weighted by molar-refractivity contribution is 0.194. The molecule has 6 N–H and O–H groups in total. The molecule has 2 rings (SSSR count). The van der Waals surface area contributed by atoms with Crippen LogP contribution in [0.3, 0.4) is 0 Å². The molecule has 0 spiro atoms. The highest BCUT2D eigenvalue weighted by Crippen LogP contribution is 2.24. The average molecular weight is 439 g/mol. The van der Waals surface area contributed by atoms with Crippen molar-refractivity contribution < 1.29 is 13.2 Å². The number of sulfonamides is 1. The molecule has 152 valence electrons. The molecule has 12 heteroatoms. The van der Waals surface area contributed by atoms with Crippen LogP contribution in [-0.4, -0.2) is 52.3 Å². The van der Waals surface area contributed by atoms with Crippen LogP contribution >= 0.6 is 23.2 Å². The molecular formula is C15H24Cl2N6O3S. The third kappa shape index (κ3) is 8.18. The maximum atomic E-state index is 12.2. The van der Waals surface area contributed by atoms with Gasteiger partial charge in [0.05, 0.1) is 22.5 Å². The molecule has 0 radical (unpaired) electrons. The molecule has 27 heavy (non-hydrogen) atoms. The number of nitrogens with one attached hydrogen (secondary N) is 6. The van der Waals surface area contributed by atoms with Gasteiger partial charge < -0.3 is 16.0 Å². The summed E-state index contributed by atoms with van der Waals surface area (Å²) in [4.78, 5) is 12.2. The average Bonchev–Trinajstić information content (AvgIpc) is 2.53. The largest absolute Gasteiger partial charge is 0.321 e. The minimum Gasteiger partial charge on any atom is -0.310 e. The third-order valence-corrected chi connectivity index (χ3v) is 5.21. The van der Waals surface area contributed by atoms with Crippen molar-refractivity contribution in [3.05, 3.63) is 28.2 Å². The zero-order valence-electron chi connectivity index (χ0n) is 15.0. The molecule has 3 atom stereocenters. The second-order valence-electron chi connectivity index (χ2n) is 6.30. The number of halogens is 2. The molecule has 0 aliphatic carbocycles. The van der Waals surface area contributed by atoms with Gasteiger partial charge in [0.1, 0.15) is 6.29 Å². The number of hydrogen-bond acceptors (Lipinski definition) is 6. The molecule has 3 unspecified atom stereocenters. The molecule has 9 nitrogen and oxygen atoms in total. The maximum Gasteiger partial charge on any atom is 0.321 e. The molecule has 1 saturated heterocycles. The number of amides is 2. The van der Waals surface area contributed by atoms with Crippen molar-refractivity contribution in [3.8, 4) is 0 Å². The third-order valence-electron chi connectivity index (χ3n) is 3.74. The first kappa shape index (κ1) is 22.2. The molecule has 0 saturated carbocycles. The number of anilines is 1. The van der Waals surface area contributed by atoms with Crippen LogP contribution < -0.4 is 31.3 Å². The molecule has 1 aliphatic heterocycles. The van der Waals surface area contributed by atoms with E-state index in [9.17, 15) is 13.2 Å². The molecule has 2 amide bonds. The monoisotopic (exact) mass is 438 g/mol. The van der Waals surface area contributed by atoms with Crippen molar-refractivity contribution in [3.63, 3.8) is 0 Å². The highest BCUT2D eigenvalue weighted by Gasteiger charge is 2.25. The standard InChI is InChI=1S/C15H24Cl2N6O3S/c1-9-7-13(18-5-6-19-27(2,25)26)22-14(20-9)23-15(24)21-10-3-4-11(16)12(17)8-10/h3-4,8-9,13-14,18-20,22H,5-7H2,1-2H3,(H2,21,23,24). The second kappa shape index (κ2) is 9.87. The lowest BCUT2D eigenvalue weighted by atomic mass is 10.1. The van der Waals surface area contributed by atoms with Gasteiger partial charge in [0, 0.05) is 24.8 Å². The van der Waals surface area contributed by atoms with Crippen LogP contribution in [0.15, 0.2) is 18.2 Å². The molecule has 1 aromatic rings. The van der Waals surface area contributed by atoms with Crippen LogP contribution in [0.5, 0.6) is 0 Å². The minimum atomic E-state index is -3.21. The Kier molecular flexibility index (Phi) is 8.10. The predicted octanol–water partition coefficient (Wildman–Crippen LogP) is 0.835. The normalized spacial score (nSPS) is 23.0. The van der Waals surface area contributed by atoms with Crippen molar-refractivity contribution in [2.24, 2.45) is 0 Å². The number of rotatable bonds is 7. The number of carbonyl (C=O) groups is 1. The fraction of sp³-hybridized carbons (Fsp3) is 0.533. The molecule has 1 fully saturated rings. The van der Waals surface area contributed by atoms with Gasteiger partial charge in [-0.3, -0.25) is 10.6 Å². The smallest absolute Gasteiger partial charge is 0.310 e. The Morgan fingerprint density at radius 1 is 1.22 bits per heavy atom. The van der Waals surface area contributed by atoms with E-state index < -0.39 is 22.3 Å². The van der Waals surface area contributed by atoms with Gasteiger partial charge in [0.25, 0.3) is 0 Å². The van der Waals surface area contributed by atoms with Gasteiger partial charge in [-0.1, -0.05) is 23.2 Å². The first-order valence-corrected chi connectivity index (χ1v) is 11.0.